The molecule has 0 aliphatic heterocycles. The second-order valence-electron chi connectivity index (χ2n) is 11.9. The number of carbonyl (C=O) groups is 2. The van der Waals surface area contributed by atoms with E-state index in [4.69, 9.17) is 23.2 Å². The first kappa shape index (κ1) is 34.0. The predicted octanol–water partition coefficient (Wildman–Crippen LogP) is 7.05. The van der Waals surface area contributed by atoms with E-state index < -0.39 is 34.1 Å². The monoisotopic (exact) mass is 665 g/mol. The van der Waals surface area contributed by atoms with E-state index in [1.54, 1.807) is 54.6 Å². The van der Waals surface area contributed by atoms with Crippen LogP contribution in [0.4, 0.5) is 5.69 Å². The smallest absolute Gasteiger partial charge is 0.264 e. The molecule has 0 unspecified atom stereocenters. The number of sulfonamides is 1. The van der Waals surface area contributed by atoms with Crippen LogP contribution in [0.2, 0.25) is 10.0 Å². The summed E-state index contributed by atoms with van der Waals surface area (Å²) >= 11 is 12.8. The van der Waals surface area contributed by atoms with E-state index in [1.807, 2.05) is 58.0 Å². The molecule has 4 aromatic carbocycles. The van der Waals surface area contributed by atoms with E-state index in [-0.39, 0.29) is 29.5 Å². The van der Waals surface area contributed by atoms with Crippen LogP contribution in [0.15, 0.2) is 108 Å². The number of nitrogens with one attached hydrogen (secondary N) is 1. The third-order valence-electron chi connectivity index (χ3n) is 7.05. The average molecular weight is 667 g/mol. The molecule has 0 heterocycles. The maximum absolute atomic E-state index is 14.5. The molecule has 0 saturated carbocycles. The van der Waals surface area contributed by atoms with Crippen LogP contribution >= 0.6 is 23.2 Å². The number of hydrogen-bond donors (Lipinski definition) is 1. The number of carbonyl (C=O) groups excluding carboxylic acids is 2. The van der Waals surface area contributed by atoms with Gasteiger partial charge in [-0.05, 0) is 75.2 Å². The minimum atomic E-state index is -4.23. The molecule has 1 atom stereocenters. The van der Waals surface area contributed by atoms with Crippen molar-refractivity contribution < 1.29 is 18.0 Å². The molecule has 4 aromatic rings. The number of rotatable bonds is 11. The molecule has 0 bridgehead atoms. The second-order valence-corrected chi connectivity index (χ2v) is 14.6. The van der Waals surface area contributed by atoms with Crippen LogP contribution < -0.4 is 9.62 Å². The molecular weight excluding hydrogens is 629 g/mol. The maximum Gasteiger partial charge on any atom is 0.264 e. The SMILES string of the molecule is Cc1ccc(S(=O)(=O)N(CC(=O)N(Cc2ccccc2Cl)[C@H](Cc2ccccc2)C(=O)NC(C)(C)C)c2cccc(Cl)c2)cc1. The number of amides is 2. The molecule has 0 fully saturated rings. The van der Waals surface area contributed by atoms with Gasteiger partial charge in [-0.15, -0.1) is 0 Å². The Hall–Kier alpha value is -3.85. The zero-order valence-corrected chi connectivity index (χ0v) is 28.0. The summed E-state index contributed by atoms with van der Waals surface area (Å²) in [7, 11) is -4.23. The van der Waals surface area contributed by atoms with Gasteiger partial charge in [0, 0.05) is 28.5 Å². The lowest BCUT2D eigenvalue weighted by Crippen LogP contribution is -2.56. The van der Waals surface area contributed by atoms with E-state index >= 15 is 0 Å². The molecule has 1 N–H and O–H groups in total. The summed E-state index contributed by atoms with van der Waals surface area (Å²) in [6.07, 6.45) is 0.195. The molecule has 4 rings (SSSR count). The predicted molar refractivity (Wildman–Crippen MR) is 181 cm³/mol. The summed E-state index contributed by atoms with van der Waals surface area (Å²) in [6, 6.07) is 28.2. The third-order valence-corrected chi connectivity index (χ3v) is 9.44. The Morgan fingerprint density at radius 1 is 0.844 bits per heavy atom. The summed E-state index contributed by atoms with van der Waals surface area (Å²) in [5.74, 6) is -0.960. The molecule has 0 saturated heterocycles. The van der Waals surface area contributed by atoms with E-state index in [1.165, 1.54) is 23.1 Å². The van der Waals surface area contributed by atoms with Crippen LogP contribution in [-0.4, -0.2) is 43.3 Å². The van der Waals surface area contributed by atoms with Crippen LogP contribution in [0.3, 0.4) is 0 Å². The number of aryl methyl sites for hydroxylation is 1. The average Bonchev–Trinajstić information content (AvgIpc) is 2.98. The van der Waals surface area contributed by atoms with Gasteiger partial charge in [-0.3, -0.25) is 13.9 Å². The Labute approximate surface area is 275 Å². The van der Waals surface area contributed by atoms with Crippen molar-refractivity contribution in [3.05, 3.63) is 130 Å². The van der Waals surface area contributed by atoms with Crippen LogP contribution in [0, 0.1) is 6.92 Å². The van der Waals surface area contributed by atoms with Crippen LogP contribution in [0.5, 0.6) is 0 Å². The molecule has 0 spiro atoms. The Bertz CT molecular complexity index is 1740. The van der Waals surface area contributed by atoms with Crippen molar-refractivity contribution in [3.8, 4) is 0 Å². The van der Waals surface area contributed by atoms with Gasteiger partial charge in [0.1, 0.15) is 12.6 Å². The molecule has 10 heteroatoms. The molecule has 0 aromatic heterocycles. The maximum atomic E-state index is 14.5. The molecule has 0 radical (unpaired) electrons. The number of halogens is 2. The minimum Gasteiger partial charge on any atom is -0.350 e. The molecule has 7 nitrogen and oxygen atoms in total. The molecule has 236 valence electrons. The van der Waals surface area contributed by atoms with Gasteiger partial charge >= 0.3 is 0 Å². The highest BCUT2D eigenvalue weighted by molar-refractivity contribution is 7.92. The standard InChI is InChI=1S/C35H37Cl2N3O4S/c1-25-17-19-30(20-18-25)45(43,44)40(29-15-10-14-28(36)22-29)24-33(41)39(23-27-13-8-9-16-31(27)37)32(34(42)38-35(2,3)4)21-26-11-6-5-7-12-26/h5-20,22,32H,21,23-24H2,1-4H3,(H,38,42)/t32-/m1/s1. The lowest BCUT2D eigenvalue weighted by molar-refractivity contribution is -0.140. The quantitative estimate of drug-likeness (QED) is 0.186. The summed E-state index contributed by atoms with van der Waals surface area (Å²) in [5.41, 5.74) is 1.96. The van der Waals surface area contributed by atoms with E-state index in [0.29, 0.717) is 15.6 Å². The number of hydrogen-bond acceptors (Lipinski definition) is 4. The van der Waals surface area contributed by atoms with Crippen molar-refractivity contribution in [1.29, 1.82) is 0 Å². The molecule has 0 aliphatic rings. The Morgan fingerprint density at radius 2 is 1.49 bits per heavy atom. The van der Waals surface area contributed by atoms with Gasteiger partial charge in [-0.2, -0.15) is 0 Å². The third kappa shape index (κ3) is 9.10. The van der Waals surface area contributed by atoms with Crippen molar-refractivity contribution in [2.75, 3.05) is 10.8 Å². The van der Waals surface area contributed by atoms with E-state index in [0.717, 1.165) is 15.4 Å². The van der Waals surface area contributed by atoms with Gasteiger partial charge in [0.2, 0.25) is 11.8 Å². The molecule has 45 heavy (non-hydrogen) atoms. The van der Waals surface area contributed by atoms with E-state index in [2.05, 4.69) is 5.32 Å². The van der Waals surface area contributed by atoms with E-state index in [9.17, 15) is 18.0 Å². The number of anilines is 1. The van der Waals surface area contributed by atoms with Crippen LogP contribution in [-0.2, 0) is 32.6 Å². The van der Waals surface area contributed by atoms with Crippen molar-refractivity contribution >= 4 is 50.7 Å². The summed E-state index contributed by atoms with van der Waals surface area (Å²) in [5, 5.41) is 3.74. The molecular formula is C35H37Cl2N3O4S. The first-order chi connectivity index (χ1) is 21.2. The van der Waals surface area contributed by atoms with Gasteiger partial charge in [-0.25, -0.2) is 8.42 Å². The second kappa shape index (κ2) is 14.5. The number of benzene rings is 4. The largest absolute Gasteiger partial charge is 0.350 e. The molecule has 2 amide bonds. The van der Waals surface area contributed by atoms with Gasteiger partial charge in [-0.1, -0.05) is 95.5 Å². The van der Waals surface area contributed by atoms with Crippen molar-refractivity contribution in [1.82, 2.24) is 10.2 Å². The highest BCUT2D eigenvalue weighted by Crippen LogP contribution is 2.28. The fourth-order valence-electron chi connectivity index (χ4n) is 4.81. The van der Waals surface area contributed by atoms with Crippen molar-refractivity contribution in [2.45, 2.75) is 57.1 Å². The summed E-state index contributed by atoms with van der Waals surface area (Å²) < 4.78 is 29.3. The Kier molecular flexibility index (Phi) is 11.0. The highest BCUT2D eigenvalue weighted by atomic mass is 35.5. The summed E-state index contributed by atoms with van der Waals surface area (Å²) in [4.78, 5) is 29.9. The van der Waals surface area contributed by atoms with Gasteiger partial charge in [0.25, 0.3) is 10.0 Å². The zero-order valence-electron chi connectivity index (χ0n) is 25.7. The van der Waals surface area contributed by atoms with Gasteiger partial charge in [0.15, 0.2) is 0 Å². The van der Waals surface area contributed by atoms with Crippen LogP contribution in [0.25, 0.3) is 0 Å². The number of nitrogens with zero attached hydrogens (tertiary/aromatic N) is 2. The van der Waals surface area contributed by atoms with Gasteiger partial charge in [0.05, 0.1) is 10.6 Å². The highest BCUT2D eigenvalue weighted by Gasteiger charge is 2.36. The minimum absolute atomic E-state index is 0.0184. The van der Waals surface area contributed by atoms with Crippen molar-refractivity contribution in [2.24, 2.45) is 0 Å². The zero-order chi connectivity index (χ0) is 32.8. The van der Waals surface area contributed by atoms with Crippen molar-refractivity contribution in [3.63, 3.8) is 0 Å². The first-order valence-corrected chi connectivity index (χ1v) is 16.7. The summed E-state index contributed by atoms with van der Waals surface area (Å²) in [6.45, 7) is 6.83. The lowest BCUT2D eigenvalue weighted by atomic mass is 10.0. The Balaban J connectivity index is 1.83. The lowest BCUT2D eigenvalue weighted by Gasteiger charge is -2.35. The normalized spacial score (nSPS) is 12.3. The fraction of sp³-hybridized carbons (Fsp3) is 0.257. The fourth-order valence-corrected chi connectivity index (χ4v) is 6.60. The molecule has 0 aliphatic carbocycles. The first-order valence-electron chi connectivity index (χ1n) is 14.5. The topological polar surface area (TPSA) is 86.8 Å². The van der Waals surface area contributed by atoms with Gasteiger partial charge < -0.3 is 10.2 Å². The van der Waals surface area contributed by atoms with Crippen LogP contribution in [0.1, 0.15) is 37.5 Å². The Morgan fingerprint density at radius 3 is 2.11 bits per heavy atom.